The molecule has 1 N–H and O–H groups in total. The molecule has 1 heterocycles. The molecule has 4 nitrogen and oxygen atoms in total. The summed E-state index contributed by atoms with van der Waals surface area (Å²) in [6.07, 6.45) is 2.76. The van der Waals surface area contributed by atoms with Crippen molar-refractivity contribution in [1.29, 1.82) is 0 Å². The van der Waals surface area contributed by atoms with E-state index >= 15 is 0 Å². The maximum Gasteiger partial charge on any atom is 0.160 e. The molecule has 0 bridgehead atoms. The second-order valence-corrected chi connectivity index (χ2v) is 4.19. The van der Waals surface area contributed by atoms with Crippen LogP contribution in [-0.2, 0) is 14.2 Å². The van der Waals surface area contributed by atoms with Crippen LogP contribution in [0.5, 0.6) is 0 Å². The highest BCUT2D eigenvalue weighted by atomic mass is 16.7. The van der Waals surface area contributed by atoms with E-state index in [9.17, 15) is 0 Å². The van der Waals surface area contributed by atoms with E-state index in [0.29, 0.717) is 5.92 Å². The molecule has 1 aliphatic heterocycles. The van der Waals surface area contributed by atoms with Crippen molar-refractivity contribution in [1.82, 2.24) is 0 Å². The van der Waals surface area contributed by atoms with Gasteiger partial charge in [-0.3, -0.25) is 0 Å². The zero-order valence-corrected chi connectivity index (χ0v) is 9.81. The van der Waals surface area contributed by atoms with Crippen LogP contribution in [0.4, 0.5) is 0 Å². The van der Waals surface area contributed by atoms with E-state index in [1.807, 2.05) is 0 Å². The van der Waals surface area contributed by atoms with Crippen LogP contribution < -0.4 is 0 Å². The zero-order chi connectivity index (χ0) is 11.3. The fourth-order valence-electron chi connectivity index (χ4n) is 1.98. The number of rotatable bonds is 5. The van der Waals surface area contributed by atoms with Crippen LogP contribution in [0.1, 0.15) is 26.2 Å². The SMILES string of the molecule is CO[C@H](CO)C[C@@H]1CC[C@@H](C)[C@@H](OC)O1. The van der Waals surface area contributed by atoms with Gasteiger partial charge in [-0.05, 0) is 12.8 Å². The Bertz CT molecular complexity index is 168. The normalized spacial score (nSPS) is 34.0. The van der Waals surface area contributed by atoms with Gasteiger partial charge in [0.1, 0.15) is 0 Å². The molecule has 90 valence electrons. The molecule has 0 radical (unpaired) electrons. The van der Waals surface area contributed by atoms with Gasteiger partial charge in [0, 0.05) is 26.6 Å². The summed E-state index contributed by atoms with van der Waals surface area (Å²) in [5.74, 6) is 0.446. The molecule has 0 aromatic rings. The smallest absolute Gasteiger partial charge is 0.160 e. The van der Waals surface area contributed by atoms with Crippen LogP contribution in [0.15, 0.2) is 0 Å². The lowest BCUT2D eigenvalue weighted by Gasteiger charge is -2.34. The molecule has 4 heteroatoms. The van der Waals surface area contributed by atoms with Gasteiger partial charge < -0.3 is 19.3 Å². The summed E-state index contributed by atoms with van der Waals surface area (Å²) in [7, 11) is 3.28. The maximum atomic E-state index is 9.02. The van der Waals surface area contributed by atoms with Crippen molar-refractivity contribution in [2.45, 2.75) is 44.7 Å². The van der Waals surface area contributed by atoms with Gasteiger partial charge in [-0.25, -0.2) is 0 Å². The standard InChI is InChI=1S/C11H22O4/c1-8-4-5-9(15-11(8)14-3)6-10(7-12)13-2/h8-12H,4-7H2,1-3H3/t8-,9+,10+,11+/m1/s1. The van der Waals surface area contributed by atoms with Crippen molar-refractivity contribution < 1.29 is 19.3 Å². The first-order chi connectivity index (χ1) is 7.21. The minimum atomic E-state index is -0.124. The molecule has 4 atom stereocenters. The fraction of sp³-hybridized carbons (Fsp3) is 1.00. The van der Waals surface area contributed by atoms with Crippen LogP contribution in [-0.4, -0.2) is 44.4 Å². The monoisotopic (exact) mass is 218 g/mol. The van der Waals surface area contributed by atoms with Gasteiger partial charge in [0.15, 0.2) is 6.29 Å². The summed E-state index contributed by atoms with van der Waals surface area (Å²) < 4.78 is 16.2. The molecule has 0 saturated carbocycles. The molecule has 0 amide bonds. The second-order valence-electron chi connectivity index (χ2n) is 4.19. The lowest BCUT2D eigenvalue weighted by molar-refractivity contribution is -0.212. The van der Waals surface area contributed by atoms with Crippen molar-refractivity contribution in [3.63, 3.8) is 0 Å². The Balaban J connectivity index is 2.37. The first-order valence-corrected chi connectivity index (χ1v) is 5.53. The van der Waals surface area contributed by atoms with E-state index in [2.05, 4.69) is 6.92 Å². The van der Waals surface area contributed by atoms with Gasteiger partial charge in [-0.2, -0.15) is 0 Å². The molecule has 15 heavy (non-hydrogen) atoms. The van der Waals surface area contributed by atoms with Crippen molar-refractivity contribution in [3.8, 4) is 0 Å². The highest BCUT2D eigenvalue weighted by Crippen LogP contribution is 2.27. The number of methoxy groups -OCH3 is 2. The van der Waals surface area contributed by atoms with Crippen LogP contribution >= 0.6 is 0 Å². The predicted molar refractivity (Wildman–Crippen MR) is 56.6 cm³/mol. The molecule has 1 aliphatic rings. The molecule has 1 rings (SSSR count). The third-order valence-corrected chi connectivity index (χ3v) is 3.03. The van der Waals surface area contributed by atoms with Crippen LogP contribution in [0.3, 0.4) is 0 Å². The van der Waals surface area contributed by atoms with Crippen molar-refractivity contribution in [3.05, 3.63) is 0 Å². The lowest BCUT2D eigenvalue weighted by Crippen LogP contribution is -2.37. The van der Waals surface area contributed by atoms with E-state index in [1.54, 1.807) is 14.2 Å². The maximum absolute atomic E-state index is 9.02. The van der Waals surface area contributed by atoms with Gasteiger partial charge in [-0.1, -0.05) is 6.92 Å². The number of aliphatic hydroxyl groups excluding tert-OH is 1. The van der Waals surface area contributed by atoms with Crippen LogP contribution in [0.2, 0.25) is 0 Å². The Hall–Kier alpha value is -0.160. The van der Waals surface area contributed by atoms with Gasteiger partial charge in [0.25, 0.3) is 0 Å². The van der Waals surface area contributed by atoms with Gasteiger partial charge in [0.2, 0.25) is 0 Å². The Morgan fingerprint density at radius 1 is 1.40 bits per heavy atom. The highest BCUT2D eigenvalue weighted by molar-refractivity contribution is 4.74. The van der Waals surface area contributed by atoms with Crippen molar-refractivity contribution in [2.24, 2.45) is 5.92 Å². The Morgan fingerprint density at radius 2 is 2.13 bits per heavy atom. The summed E-state index contributed by atoms with van der Waals surface area (Å²) in [6.45, 7) is 2.17. The van der Waals surface area contributed by atoms with Crippen LogP contribution in [0.25, 0.3) is 0 Å². The average Bonchev–Trinajstić information content (AvgIpc) is 2.28. The lowest BCUT2D eigenvalue weighted by atomic mass is 9.96. The quantitative estimate of drug-likeness (QED) is 0.752. The summed E-state index contributed by atoms with van der Waals surface area (Å²) in [5.41, 5.74) is 0. The van der Waals surface area contributed by atoms with Crippen LogP contribution in [0, 0.1) is 5.92 Å². The molecule has 0 aromatic carbocycles. The molecule has 0 spiro atoms. The van der Waals surface area contributed by atoms with Gasteiger partial charge >= 0.3 is 0 Å². The Morgan fingerprint density at radius 3 is 2.67 bits per heavy atom. The average molecular weight is 218 g/mol. The van der Waals surface area contributed by atoms with E-state index in [-0.39, 0.29) is 25.1 Å². The van der Waals surface area contributed by atoms with Crippen molar-refractivity contribution >= 4 is 0 Å². The number of ether oxygens (including phenoxy) is 3. The number of hydrogen-bond donors (Lipinski definition) is 1. The summed E-state index contributed by atoms with van der Waals surface area (Å²) in [4.78, 5) is 0. The minimum Gasteiger partial charge on any atom is -0.394 e. The van der Waals surface area contributed by atoms with E-state index < -0.39 is 0 Å². The predicted octanol–water partition coefficient (Wildman–Crippen LogP) is 1.17. The molecular formula is C11H22O4. The number of aliphatic hydroxyl groups is 1. The molecule has 0 unspecified atom stereocenters. The third kappa shape index (κ3) is 3.72. The summed E-state index contributed by atoms with van der Waals surface area (Å²) in [6, 6.07) is 0. The third-order valence-electron chi connectivity index (χ3n) is 3.03. The summed E-state index contributed by atoms with van der Waals surface area (Å²) in [5, 5.41) is 9.02. The van der Waals surface area contributed by atoms with E-state index in [4.69, 9.17) is 19.3 Å². The highest BCUT2D eigenvalue weighted by Gasteiger charge is 2.29. The van der Waals surface area contributed by atoms with E-state index in [1.165, 1.54) is 0 Å². The Labute approximate surface area is 91.5 Å². The molecule has 1 saturated heterocycles. The zero-order valence-electron chi connectivity index (χ0n) is 9.81. The topological polar surface area (TPSA) is 47.9 Å². The first-order valence-electron chi connectivity index (χ1n) is 5.53. The second kappa shape index (κ2) is 6.43. The van der Waals surface area contributed by atoms with E-state index in [0.717, 1.165) is 19.3 Å². The minimum absolute atomic E-state index is 0.0452. The number of hydrogen-bond acceptors (Lipinski definition) is 4. The van der Waals surface area contributed by atoms with Gasteiger partial charge in [0.05, 0.1) is 18.8 Å². The fourth-order valence-corrected chi connectivity index (χ4v) is 1.98. The molecule has 0 aromatic heterocycles. The molecule has 0 aliphatic carbocycles. The van der Waals surface area contributed by atoms with Crippen molar-refractivity contribution in [2.75, 3.05) is 20.8 Å². The Kier molecular flexibility index (Phi) is 5.53. The summed E-state index contributed by atoms with van der Waals surface area (Å²) >= 11 is 0. The van der Waals surface area contributed by atoms with Gasteiger partial charge in [-0.15, -0.1) is 0 Å². The first kappa shape index (κ1) is 12.9. The molecular weight excluding hydrogens is 196 g/mol. The molecule has 1 fully saturated rings. The largest absolute Gasteiger partial charge is 0.394 e.